The second-order valence-electron chi connectivity index (χ2n) is 5.28. The molecule has 22 heavy (non-hydrogen) atoms. The van der Waals surface area contributed by atoms with Crippen molar-refractivity contribution >= 4 is 23.8 Å². The normalized spacial score (nSPS) is 26.0. The van der Waals surface area contributed by atoms with Gasteiger partial charge in [0.15, 0.2) is 0 Å². The van der Waals surface area contributed by atoms with Crippen LogP contribution >= 0.6 is 11.8 Å². The highest BCUT2D eigenvalue weighted by Crippen LogP contribution is 2.33. The molecule has 0 spiro atoms. The molecule has 2 aliphatic heterocycles. The first-order valence-corrected chi connectivity index (χ1v) is 8.33. The van der Waals surface area contributed by atoms with Crippen LogP contribution in [0.2, 0.25) is 0 Å². The van der Waals surface area contributed by atoms with Gasteiger partial charge in [0.2, 0.25) is 0 Å². The number of carboxylic acid groups (broad SMARTS) is 1. The summed E-state index contributed by atoms with van der Waals surface area (Å²) in [5.41, 5.74) is 0. The molecular formula is C13H24N2O6S. The first-order chi connectivity index (χ1) is 10.5. The van der Waals surface area contributed by atoms with Crippen LogP contribution in [-0.4, -0.2) is 74.8 Å². The van der Waals surface area contributed by atoms with Crippen LogP contribution in [0.1, 0.15) is 25.7 Å². The number of amides is 2. The molecule has 0 aromatic heterocycles. The molecule has 9 heteroatoms. The maximum Gasteiger partial charge on any atom is 0.315 e. The molecule has 0 unspecified atom stereocenters. The highest BCUT2D eigenvalue weighted by molar-refractivity contribution is 8.00. The summed E-state index contributed by atoms with van der Waals surface area (Å²) >= 11 is 1.87. The van der Waals surface area contributed by atoms with Gasteiger partial charge in [-0.15, -0.1) is 0 Å². The average Bonchev–Trinajstić information content (AvgIpc) is 3.03. The first-order valence-electron chi connectivity index (χ1n) is 7.28. The summed E-state index contributed by atoms with van der Waals surface area (Å²) in [5.74, 6) is 0.236. The van der Waals surface area contributed by atoms with Crippen molar-refractivity contribution in [3.8, 4) is 0 Å². The molecule has 128 valence electrons. The molecule has 0 saturated carbocycles. The van der Waals surface area contributed by atoms with Crippen molar-refractivity contribution in [1.29, 1.82) is 0 Å². The van der Waals surface area contributed by atoms with E-state index in [0.29, 0.717) is 5.25 Å². The van der Waals surface area contributed by atoms with Crippen LogP contribution in [0, 0.1) is 0 Å². The number of aliphatic hydroxyl groups is 3. The molecule has 8 nitrogen and oxygen atoms in total. The SMILES string of the molecule is O=C(O)CCCC[C@@H]1SC[C@@H]2NC(=O)N[C@@H]21.OCC(O)CO. The summed E-state index contributed by atoms with van der Waals surface area (Å²) in [4.78, 5) is 21.5. The van der Waals surface area contributed by atoms with Crippen molar-refractivity contribution < 1.29 is 30.0 Å². The Morgan fingerprint density at radius 3 is 2.50 bits per heavy atom. The van der Waals surface area contributed by atoms with E-state index in [0.717, 1.165) is 25.0 Å². The van der Waals surface area contributed by atoms with Crippen LogP contribution in [0.4, 0.5) is 4.79 Å². The fourth-order valence-corrected chi connectivity index (χ4v) is 3.87. The van der Waals surface area contributed by atoms with Crippen LogP contribution in [0.15, 0.2) is 0 Å². The quantitative estimate of drug-likeness (QED) is 0.262. The number of urea groups is 1. The molecule has 2 heterocycles. The number of hydrogen-bond donors (Lipinski definition) is 6. The Bertz CT molecular complexity index is 366. The Morgan fingerprint density at radius 2 is 1.95 bits per heavy atom. The van der Waals surface area contributed by atoms with E-state index in [9.17, 15) is 9.59 Å². The second-order valence-corrected chi connectivity index (χ2v) is 6.55. The highest BCUT2D eigenvalue weighted by Gasteiger charge is 2.42. The summed E-state index contributed by atoms with van der Waals surface area (Å²) < 4.78 is 0. The van der Waals surface area contributed by atoms with E-state index in [-0.39, 0.29) is 37.7 Å². The predicted octanol–water partition coefficient (Wildman–Crippen LogP) is -0.871. The minimum Gasteiger partial charge on any atom is -0.481 e. The Morgan fingerprint density at radius 1 is 1.27 bits per heavy atom. The maximum atomic E-state index is 11.1. The molecular weight excluding hydrogens is 312 g/mol. The Balaban J connectivity index is 0.000000346. The van der Waals surface area contributed by atoms with E-state index in [4.69, 9.17) is 20.4 Å². The van der Waals surface area contributed by atoms with E-state index in [1.165, 1.54) is 0 Å². The van der Waals surface area contributed by atoms with Crippen molar-refractivity contribution in [2.45, 2.75) is 49.1 Å². The van der Waals surface area contributed by atoms with Crippen LogP contribution in [0.5, 0.6) is 0 Å². The largest absolute Gasteiger partial charge is 0.481 e. The molecule has 0 aromatic carbocycles. The topological polar surface area (TPSA) is 139 Å². The third-order valence-corrected chi connectivity index (χ3v) is 5.00. The van der Waals surface area contributed by atoms with Gasteiger partial charge >= 0.3 is 12.0 Å². The zero-order chi connectivity index (χ0) is 16.5. The van der Waals surface area contributed by atoms with Crippen LogP contribution in [-0.2, 0) is 4.79 Å². The van der Waals surface area contributed by atoms with Crippen LogP contribution < -0.4 is 10.6 Å². The number of carbonyl (C=O) groups is 2. The zero-order valence-electron chi connectivity index (χ0n) is 12.3. The van der Waals surface area contributed by atoms with Gasteiger partial charge in [-0.2, -0.15) is 11.8 Å². The Hall–Kier alpha value is -1.03. The molecule has 0 aromatic rings. The summed E-state index contributed by atoms with van der Waals surface area (Å²) in [5, 5.41) is 38.8. The van der Waals surface area contributed by atoms with Gasteiger partial charge in [-0.25, -0.2) is 4.79 Å². The van der Waals surface area contributed by atoms with E-state index in [2.05, 4.69) is 10.6 Å². The van der Waals surface area contributed by atoms with Gasteiger partial charge < -0.3 is 31.1 Å². The first kappa shape index (κ1) is 19.0. The van der Waals surface area contributed by atoms with E-state index < -0.39 is 12.1 Å². The molecule has 2 rings (SSSR count). The summed E-state index contributed by atoms with van der Waals surface area (Å²) in [6.45, 7) is -0.729. The van der Waals surface area contributed by atoms with Gasteiger partial charge in [0.25, 0.3) is 0 Å². The van der Waals surface area contributed by atoms with Gasteiger partial charge in [-0.1, -0.05) is 6.42 Å². The predicted molar refractivity (Wildman–Crippen MR) is 81.8 cm³/mol. The van der Waals surface area contributed by atoms with Crippen molar-refractivity contribution in [3.05, 3.63) is 0 Å². The lowest BCUT2D eigenvalue weighted by Crippen LogP contribution is -2.36. The molecule has 6 N–H and O–H groups in total. The minimum absolute atomic E-state index is 0.0640. The van der Waals surface area contributed by atoms with Crippen molar-refractivity contribution in [2.75, 3.05) is 19.0 Å². The third-order valence-electron chi connectivity index (χ3n) is 3.49. The molecule has 2 aliphatic rings. The molecule has 2 fully saturated rings. The standard InChI is InChI=1S/C10H16N2O3S.C3H8O3/c13-8(14)4-2-1-3-7-9-6(5-16-7)11-10(15)12-9;4-1-3(6)2-5/h6-7,9H,1-5H2,(H,13,14)(H2,11,12,15);3-6H,1-2H2/t6-,7-,9-;/m0./s1. The minimum atomic E-state index is -0.954. The van der Waals surface area contributed by atoms with Crippen molar-refractivity contribution in [3.63, 3.8) is 0 Å². The van der Waals surface area contributed by atoms with Gasteiger partial charge in [0.1, 0.15) is 6.10 Å². The number of rotatable bonds is 7. The molecule has 2 amide bonds. The van der Waals surface area contributed by atoms with Gasteiger partial charge in [0, 0.05) is 17.4 Å². The van der Waals surface area contributed by atoms with E-state index >= 15 is 0 Å². The number of thioether (sulfide) groups is 1. The molecule has 3 atom stereocenters. The molecule has 0 radical (unpaired) electrons. The number of nitrogens with one attached hydrogen (secondary N) is 2. The number of unbranched alkanes of at least 4 members (excludes halogenated alkanes) is 1. The fourth-order valence-electron chi connectivity index (χ4n) is 2.32. The molecule has 2 saturated heterocycles. The lowest BCUT2D eigenvalue weighted by atomic mass is 10.0. The summed E-state index contributed by atoms with van der Waals surface area (Å²) in [6.07, 6.45) is 1.93. The highest BCUT2D eigenvalue weighted by atomic mass is 32.2. The fraction of sp³-hybridized carbons (Fsp3) is 0.846. The maximum absolute atomic E-state index is 11.1. The number of carboxylic acids is 1. The van der Waals surface area contributed by atoms with Crippen molar-refractivity contribution in [2.24, 2.45) is 0 Å². The number of aliphatic carboxylic acids is 1. The third kappa shape index (κ3) is 6.39. The summed E-state index contributed by atoms with van der Waals surface area (Å²) in [6, 6.07) is 0.440. The van der Waals surface area contributed by atoms with E-state index in [1.807, 2.05) is 11.8 Å². The number of aliphatic hydroxyl groups excluding tert-OH is 3. The van der Waals surface area contributed by atoms with E-state index in [1.54, 1.807) is 0 Å². The van der Waals surface area contributed by atoms with Gasteiger partial charge in [0.05, 0.1) is 25.3 Å². The Kier molecular flexibility index (Phi) is 8.54. The monoisotopic (exact) mass is 336 g/mol. The molecule has 0 aliphatic carbocycles. The second kappa shape index (κ2) is 9.88. The van der Waals surface area contributed by atoms with Gasteiger partial charge in [-0.3, -0.25) is 4.79 Å². The molecule has 0 bridgehead atoms. The van der Waals surface area contributed by atoms with Crippen LogP contribution in [0.3, 0.4) is 0 Å². The number of carbonyl (C=O) groups excluding carboxylic acids is 1. The number of hydrogen-bond acceptors (Lipinski definition) is 6. The smallest absolute Gasteiger partial charge is 0.315 e. The lowest BCUT2D eigenvalue weighted by molar-refractivity contribution is -0.137. The van der Waals surface area contributed by atoms with Crippen molar-refractivity contribution in [1.82, 2.24) is 10.6 Å². The average molecular weight is 336 g/mol. The Labute approximate surface area is 133 Å². The van der Waals surface area contributed by atoms with Gasteiger partial charge in [-0.05, 0) is 12.8 Å². The summed E-state index contributed by atoms with van der Waals surface area (Å²) in [7, 11) is 0. The lowest BCUT2D eigenvalue weighted by Gasteiger charge is -2.16. The zero-order valence-corrected chi connectivity index (χ0v) is 13.1. The number of fused-ring (bicyclic) bond motifs is 1. The van der Waals surface area contributed by atoms with Crippen LogP contribution in [0.25, 0.3) is 0 Å².